The summed E-state index contributed by atoms with van der Waals surface area (Å²) in [4.78, 5) is 24.8. The van der Waals surface area contributed by atoms with E-state index >= 15 is 0 Å². The van der Waals surface area contributed by atoms with Crippen molar-refractivity contribution in [2.75, 3.05) is 6.61 Å². The van der Waals surface area contributed by atoms with Gasteiger partial charge in [-0.25, -0.2) is 4.79 Å². The van der Waals surface area contributed by atoms with Gasteiger partial charge >= 0.3 is 5.97 Å². The summed E-state index contributed by atoms with van der Waals surface area (Å²) in [5.41, 5.74) is 8.07. The molecule has 0 unspecified atom stereocenters. The van der Waals surface area contributed by atoms with Crippen LogP contribution in [0.2, 0.25) is 0 Å². The zero-order valence-electron chi connectivity index (χ0n) is 22.5. The Balaban J connectivity index is 1.22. The molecule has 6 rings (SSSR count). The topological polar surface area (TPSA) is 80.6 Å². The number of amides is 1. The first kappa shape index (κ1) is 25.4. The molecule has 1 aliphatic heterocycles. The molecule has 6 nitrogen and oxygen atoms in total. The molecular weight excluding hydrogens is 500 g/mol. The summed E-state index contributed by atoms with van der Waals surface area (Å²) >= 11 is 0. The molecule has 0 spiro atoms. The summed E-state index contributed by atoms with van der Waals surface area (Å²) in [7, 11) is 0. The number of hydrogen-bond donors (Lipinski definition) is 2. The highest BCUT2D eigenvalue weighted by atomic mass is 16.5. The maximum atomic E-state index is 13.2. The van der Waals surface area contributed by atoms with E-state index in [0.29, 0.717) is 29.8 Å². The second-order valence-corrected chi connectivity index (χ2v) is 10.4. The third-order valence-corrected chi connectivity index (χ3v) is 7.88. The van der Waals surface area contributed by atoms with Gasteiger partial charge in [0.2, 0.25) is 0 Å². The lowest BCUT2D eigenvalue weighted by atomic mass is 9.99. The predicted molar refractivity (Wildman–Crippen MR) is 156 cm³/mol. The van der Waals surface area contributed by atoms with E-state index in [-0.39, 0.29) is 11.9 Å². The van der Waals surface area contributed by atoms with Crippen LogP contribution in [-0.4, -0.2) is 34.2 Å². The molecule has 0 radical (unpaired) electrons. The van der Waals surface area contributed by atoms with Crippen LogP contribution in [0, 0.1) is 13.8 Å². The molecular formula is C34H30N2O4. The SMILES string of the molecule is Cc1c(C)n(Cc2ccc(-c3ccccc3C(=O)O)cc2)c2ccc(C(=O)N[C@H]3COc4ccccc4C3)cc12. The summed E-state index contributed by atoms with van der Waals surface area (Å²) in [5, 5.41) is 13.7. The van der Waals surface area contributed by atoms with Crippen LogP contribution in [0.4, 0.5) is 0 Å². The lowest BCUT2D eigenvalue weighted by molar-refractivity contribution is 0.0697. The Morgan fingerprint density at radius 3 is 2.50 bits per heavy atom. The van der Waals surface area contributed by atoms with Gasteiger partial charge in [0.05, 0.1) is 11.6 Å². The normalized spacial score (nSPS) is 14.4. The number of rotatable bonds is 6. The minimum atomic E-state index is -0.935. The van der Waals surface area contributed by atoms with Gasteiger partial charge in [-0.15, -0.1) is 0 Å². The van der Waals surface area contributed by atoms with E-state index in [1.807, 2.05) is 78.9 Å². The van der Waals surface area contributed by atoms with Gasteiger partial charge in [0.15, 0.2) is 0 Å². The van der Waals surface area contributed by atoms with E-state index in [0.717, 1.165) is 51.0 Å². The molecule has 6 heteroatoms. The van der Waals surface area contributed by atoms with Crippen LogP contribution in [0.15, 0.2) is 91.0 Å². The van der Waals surface area contributed by atoms with Crippen molar-refractivity contribution in [1.29, 1.82) is 0 Å². The summed E-state index contributed by atoms with van der Waals surface area (Å²) in [6.45, 7) is 5.32. The van der Waals surface area contributed by atoms with Gasteiger partial charge in [-0.3, -0.25) is 4.79 Å². The lowest BCUT2D eigenvalue weighted by Gasteiger charge is -2.26. The molecule has 200 valence electrons. The van der Waals surface area contributed by atoms with Gasteiger partial charge in [-0.05, 0) is 78.4 Å². The third-order valence-electron chi connectivity index (χ3n) is 7.88. The maximum absolute atomic E-state index is 13.2. The average Bonchev–Trinajstić information content (AvgIpc) is 3.21. The third kappa shape index (κ3) is 4.73. The fraction of sp³-hybridized carbons (Fsp3) is 0.176. The van der Waals surface area contributed by atoms with E-state index in [2.05, 4.69) is 23.7 Å². The quantitative estimate of drug-likeness (QED) is 0.266. The number of carboxylic acid groups (broad SMARTS) is 1. The fourth-order valence-corrected chi connectivity index (χ4v) is 5.58. The molecule has 0 bridgehead atoms. The molecule has 1 aliphatic rings. The fourth-order valence-electron chi connectivity index (χ4n) is 5.58. The van der Waals surface area contributed by atoms with Gasteiger partial charge in [-0.1, -0.05) is 60.7 Å². The Labute approximate surface area is 232 Å². The molecule has 0 fully saturated rings. The van der Waals surface area contributed by atoms with Gasteiger partial charge < -0.3 is 19.7 Å². The largest absolute Gasteiger partial charge is 0.491 e. The second-order valence-electron chi connectivity index (χ2n) is 10.4. The van der Waals surface area contributed by atoms with Crippen molar-refractivity contribution in [1.82, 2.24) is 9.88 Å². The monoisotopic (exact) mass is 530 g/mol. The van der Waals surface area contributed by atoms with Crippen molar-refractivity contribution in [2.45, 2.75) is 32.9 Å². The number of hydrogen-bond acceptors (Lipinski definition) is 3. The van der Waals surface area contributed by atoms with Gasteiger partial charge in [0.25, 0.3) is 5.91 Å². The van der Waals surface area contributed by atoms with Crippen LogP contribution in [0.5, 0.6) is 5.75 Å². The van der Waals surface area contributed by atoms with Gasteiger partial charge in [0.1, 0.15) is 12.4 Å². The number of carbonyl (C=O) groups is 2. The van der Waals surface area contributed by atoms with Crippen molar-refractivity contribution in [3.63, 3.8) is 0 Å². The van der Waals surface area contributed by atoms with E-state index in [1.165, 1.54) is 0 Å². The number of aromatic carboxylic acids is 1. The molecule has 1 amide bonds. The summed E-state index contributed by atoms with van der Waals surface area (Å²) in [6, 6.07) is 28.8. The summed E-state index contributed by atoms with van der Waals surface area (Å²) in [6.07, 6.45) is 0.749. The highest BCUT2D eigenvalue weighted by Crippen LogP contribution is 2.29. The molecule has 4 aromatic carbocycles. The highest BCUT2D eigenvalue weighted by molar-refractivity contribution is 5.99. The minimum Gasteiger partial charge on any atom is -0.491 e. The van der Waals surface area contributed by atoms with Crippen LogP contribution in [0.25, 0.3) is 22.0 Å². The number of para-hydroxylation sites is 1. The van der Waals surface area contributed by atoms with Crippen molar-refractivity contribution < 1.29 is 19.4 Å². The second kappa shape index (κ2) is 10.4. The van der Waals surface area contributed by atoms with Crippen molar-refractivity contribution in [3.05, 3.63) is 125 Å². The zero-order chi connectivity index (χ0) is 27.8. The van der Waals surface area contributed by atoms with Crippen molar-refractivity contribution >= 4 is 22.8 Å². The Hall–Kier alpha value is -4.84. The number of aromatic nitrogens is 1. The number of aryl methyl sites for hydroxylation is 1. The first-order chi connectivity index (χ1) is 19.4. The van der Waals surface area contributed by atoms with Crippen molar-refractivity contribution in [2.24, 2.45) is 0 Å². The van der Waals surface area contributed by atoms with Crippen LogP contribution in [0.1, 0.15) is 43.1 Å². The van der Waals surface area contributed by atoms with Crippen LogP contribution in [0.3, 0.4) is 0 Å². The predicted octanol–water partition coefficient (Wildman–Crippen LogP) is 6.41. The van der Waals surface area contributed by atoms with Crippen LogP contribution >= 0.6 is 0 Å². The summed E-state index contributed by atoms with van der Waals surface area (Å²) < 4.78 is 8.10. The Kier molecular flexibility index (Phi) is 6.60. The molecule has 0 aliphatic carbocycles. The van der Waals surface area contributed by atoms with E-state index < -0.39 is 5.97 Å². The molecule has 1 aromatic heterocycles. The van der Waals surface area contributed by atoms with E-state index in [9.17, 15) is 14.7 Å². The number of ether oxygens (including phenoxy) is 1. The Morgan fingerprint density at radius 2 is 1.70 bits per heavy atom. The lowest BCUT2D eigenvalue weighted by Crippen LogP contribution is -2.42. The van der Waals surface area contributed by atoms with Gasteiger partial charge in [-0.2, -0.15) is 0 Å². The molecule has 2 heterocycles. The van der Waals surface area contributed by atoms with Crippen LogP contribution in [-0.2, 0) is 13.0 Å². The highest BCUT2D eigenvalue weighted by Gasteiger charge is 2.22. The first-order valence-corrected chi connectivity index (χ1v) is 13.4. The number of carbonyl (C=O) groups excluding carboxylic acids is 1. The molecule has 5 aromatic rings. The number of nitrogens with one attached hydrogen (secondary N) is 1. The van der Waals surface area contributed by atoms with Crippen LogP contribution < -0.4 is 10.1 Å². The smallest absolute Gasteiger partial charge is 0.336 e. The maximum Gasteiger partial charge on any atom is 0.336 e. The first-order valence-electron chi connectivity index (χ1n) is 13.4. The zero-order valence-corrected chi connectivity index (χ0v) is 22.5. The Bertz CT molecular complexity index is 1750. The standard InChI is InChI=1S/C34H30N2O4/c1-21-22(2)36(19-23-11-13-24(14-12-23)28-8-4-5-9-29(28)34(38)39)31-16-15-26(18-30(21)31)33(37)35-27-17-25-7-3-6-10-32(25)40-20-27/h3-16,18,27H,17,19-20H2,1-2H3,(H,35,37)(H,38,39)/t27-/m1/s1. The molecule has 0 saturated carbocycles. The summed E-state index contributed by atoms with van der Waals surface area (Å²) in [5.74, 6) is -0.145. The number of benzene rings is 4. The van der Waals surface area contributed by atoms with Gasteiger partial charge in [0, 0.05) is 28.7 Å². The minimum absolute atomic E-state index is 0.0732. The Morgan fingerprint density at radius 1 is 0.950 bits per heavy atom. The number of carboxylic acids is 1. The van der Waals surface area contributed by atoms with E-state index in [1.54, 1.807) is 12.1 Å². The van der Waals surface area contributed by atoms with Crippen molar-refractivity contribution in [3.8, 4) is 16.9 Å². The van der Waals surface area contributed by atoms with E-state index in [4.69, 9.17) is 4.74 Å². The number of nitrogens with zero attached hydrogens (tertiary/aromatic N) is 1. The molecule has 0 saturated heterocycles. The molecule has 40 heavy (non-hydrogen) atoms. The average molecular weight is 531 g/mol. The molecule has 2 N–H and O–H groups in total. The molecule has 1 atom stereocenters. The number of fused-ring (bicyclic) bond motifs is 2.